The molecule has 88 valence electrons. The van der Waals surface area contributed by atoms with Crippen molar-refractivity contribution in [2.75, 3.05) is 6.54 Å². The fourth-order valence-corrected chi connectivity index (χ4v) is 1.83. The summed E-state index contributed by atoms with van der Waals surface area (Å²) in [7, 11) is 1.81. The molecular weight excluding hydrogens is 206 g/mol. The molecular formula is C10H17N5O. The number of hydrogen-bond acceptors (Lipinski definition) is 4. The summed E-state index contributed by atoms with van der Waals surface area (Å²) < 4.78 is 1.63. The molecule has 0 aliphatic carbocycles. The van der Waals surface area contributed by atoms with E-state index in [1.54, 1.807) is 18.1 Å². The van der Waals surface area contributed by atoms with Crippen LogP contribution in [0, 0.1) is 0 Å². The zero-order valence-corrected chi connectivity index (χ0v) is 9.44. The highest BCUT2D eigenvalue weighted by molar-refractivity contribution is 5.81. The number of amides is 1. The molecule has 1 atom stereocenters. The summed E-state index contributed by atoms with van der Waals surface area (Å²) in [6.07, 6.45) is 4.82. The fraction of sp³-hybridized carbons (Fsp3) is 0.700. The van der Waals surface area contributed by atoms with E-state index in [9.17, 15) is 4.79 Å². The fourth-order valence-electron chi connectivity index (χ4n) is 1.83. The van der Waals surface area contributed by atoms with E-state index in [4.69, 9.17) is 0 Å². The summed E-state index contributed by atoms with van der Waals surface area (Å²) in [5, 5.41) is 10.1. The first kappa shape index (κ1) is 11.1. The van der Waals surface area contributed by atoms with E-state index in [1.165, 1.54) is 0 Å². The van der Waals surface area contributed by atoms with E-state index in [-0.39, 0.29) is 11.9 Å². The highest BCUT2D eigenvalue weighted by Crippen LogP contribution is 2.06. The summed E-state index contributed by atoms with van der Waals surface area (Å²) in [6, 6.07) is -0.0440. The number of aryl methyl sites for hydroxylation is 1. The molecule has 1 saturated heterocycles. The van der Waals surface area contributed by atoms with E-state index in [2.05, 4.69) is 20.7 Å². The minimum Gasteiger partial charge on any atom is -0.347 e. The largest absolute Gasteiger partial charge is 0.347 e. The van der Waals surface area contributed by atoms with Crippen LogP contribution in [0.5, 0.6) is 0 Å². The van der Waals surface area contributed by atoms with Crippen LogP contribution in [-0.4, -0.2) is 33.3 Å². The van der Waals surface area contributed by atoms with Gasteiger partial charge < -0.3 is 10.6 Å². The van der Waals surface area contributed by atoms with Gasteiger partial charge in [0.05, 0.1) is 12.6 Å². The van der Waals surface area contributed by atoms with Gasteiger partial charge in [0.2, 0.25) is 5.91 Å². The number of piperidine rings is 1. The summed E-state index contributed by atoms with van der Waals surface area (Å²) >= 11 is 0. The number of hydrogen-bond donors (Lipinski definition) is 2. The maximum atomic E-state index is 11.7. The number of carbonyl (C=O) groups is 1. The normalized spacial score (nSPS) is 20.7. The van der Waals surface area contributed by atoms with E-state index >= 15 is 0 Å². The third-order valence-corrected chi connectivity index (χ3v) is 2.69. The SMILES string of the molecule is Cn1cnc(CNC(=O)[C@@H]2CCCCN2)n1. The van der Waals surface area contributed by atoms with Crippen LogP contribution in [0.3, 0.4) is 0 Å². The average Bonchev–Trinajstić information content (AvgIpc) is 2.73. The molecule has 1 aromatic heterocycles. The molecule has 2 N–H and O–H groups in total. The van der Waals surface area contributed by atoms with Gasteiger partial charge in [-0.25, -0.2) is 4.98 Å². The van der Waals surface area contributed by atoms with Gasteiger partial charge in [0.1, 0.15) is 6.33 Å². The lowest BCUT2D eigenvalue weighted by Crippen LogP contribution is -2.46. The van der Waals surface area contributed by atoms with Crippen LogP contribution in [0.2, 0.25) is 0 Å². The Balaban J connectivity index is 1.78. The van der Waals surface area contributed by atoms with Crippen LogP contribution in [0.25, 0.3) is 0 Å². The maximum absolute atomic E-state index is 11.7. The lowest BCUT2D eigenvalue weighted by atomic mass is 10.0. The Morgan fingerprint density at radius 2 is 2.56 bits per heavy atom. The summed E-state index contributed by atoms with van der Waals surface area (Å²) in [6.45, 7) is 1.33. The van der Waals surface area contributed by atoms with Crippen molar-refractivity contribution in [1.82, 2.24) is 25.4 Å². The van der Waals surface area contributed by atoms with E-state index in [0.717, 1.165) is 25.8 Å². The molecule has 1 fully saturated rings. The van der Waals surface area contributed by atoms with E-state index < -0.39 is 0 Å². The second kappa shape index (κ2) is 5.07. The van der Waals surface area contributed by atoms with Gasteiger partial charge in [-0.05, 0) is 19.4 Å². The van der Waals surface area contributed by atoms with Crippen LogP contribution >= 0.6 is 0 Å². The van der Waals surface area contributed by atoms with Crippen molar-refractivity contribution in [2.24, 2.45) is 7.05 Å². The molecule has 1 aliphatic heterocycles. The first-order valence-electron chi connectivity index (χ1n) is 5.61. The van der Waals surface area contributed by atoms with Crippen LogP contribution in [0.4, 0.5) is 0 Å². The molecule has 1 amide bonds. The molecule has 6 nitrogen and oxygen atoms in total. The van der Waals surface area contributed by atoms with Crippen molar-refractivity contribution < 1.29 is 4.79 Å². The summed E-state index contributed by atoms with van der Waals surface area (Å²) in [4.78, 5) is 15.8. The third kappa shape index (κ3) is 2.79. The van der Waals surface area contributed by atoms with Crippen LogP contribution < -0.4 is 10.6 Å². The van der Waals surface area contributed by atoms with Crippen molar-refractivity contribution >= 4 is 5.91 Å². The standard InChI is InChI=1S/C10H17N5O/c1-15-7-13-9(14-15)6-12-10(16)8-4-2-3-5-11-8/h7-8,11H,2-6H2,1H3,(H,12,16)/t8-/m0/s1. The molecule has 0 spiro atoms. The van der Waals surface area contributed by atoms with Crippen molar-refractivity contribution in [1.29, 1.82) is 0 Å². The van der Waals surface area contributed by atoms with Crippen molar-refractivity contribution in [3.8, 4) is 0 Å². The highest BCUT2D eigenvalue weighted by Gasteiger charge is 2.20. The highest BCUT2D eigenvalue weighted by atomic mass is 16.2. The summed E-state index contributed by atoms with van der Waals surface area (Å²) in [5.74, 6) is 0.693. The molecule has 2 rings (SSSR count). The predicted octanol–water partition coefficient (Wildman–Crippen LogP) is -0.427. The lowest BCUT2D eigenvalue weighted by Gasteiger charge is -2.22. The first-order valence-corrected chi connectivity index (χ1v) is 5.61. The third-order valence-electron chi connectivity index (χ3n) is 2.69. The van der Waals surface area contributed by atoms with Crippen LogP contribution in [0.15, 0.2) is 6.33 Å². The Morgan fingerprint density at radius 3 is 3.19 bits per heavy atom. The zero-order valence-electron chi connectivity index (χ0n) is 9.44. The van der Waals surface area contributed by atoms with Crippen LogP contribution in [0.1, 0.15) is 25.1 Å². The number of nitrogens with zero attached hydrogens (tertiary/aromatic N) is 3. The minimum absolute atomic E-state index is 0.0440. The molecule has 6 heteroatoms. The van der Waals surface area contributed by atoms with Gasteiger partial charge in [0, 0.05) is 7.05 Å². The number of nitrogens with one attached hydrogen (secondary N) is 2. The zero-order chi connectivity index (χ0) is 11.4. The van der Waals surface area contributed by atoms with E-state index in [1.807, 2.05) is 0 Å². The smallest absolute Gasteiger partial charge is 0.237 e. The van der Waals surface area contributed by atoms with Crippen molar-refractivity contribution in [2.45, 2.75) is 31.8 Å². The lowest BCUT2D eigenvalue weighted by molar-refractivity contribution is -0.123. The number of carbonyl (C=O) groups excluding carboxylic acids is 1. The predicted molar refractivity (Wildman–Crippen MR) is 58.5 cm³/mol. The summed E-state index contributed by atoms with van der Waals surface area (Å²) in [5.41, 5.74) is 0. The molecule has 0 bridgehead atoms. The van der Waals surface area contributed by atoms with Gasteiger partial charge in [0.25, 0.3) is 0 Å². The van der Waals surface area contributed by atoms with Crippen molar-refractivity contribution in [3.05, 3.63) is 12.2 Å². The van der Waals surface area contributed by atoms with Crippen molar-refractivity contribution in [3.63, 3.8) is 0 Å². The Hall–Kier alpha value is -1.43. The quantitative estimate of drug-likeness (QED) is 0.729. The molecule has 1 aromatic rings. The van der Waals surface area contributed by atoms with Gasteiger partial charge >= 0.3 is 0 Å². The molecule has 0 aromatic carbocycles. The van der Waals surface area contributed by atoms with Gasteiger partial charge in [-0.3, -0.25) is 9.48 Å². The Morgan fingerprint density at radius 1 is 1.69 bits per heavy atom. The topological polar surface area (TPSA) is 71.8 Å². The van der Waals surface area contributed by atoms with E-state index in [0.29, 0.717) is 12.4 Å². The van der Waals surface area contributed by atoms with Gasteiger partial charge in [-0.2, -0.15) is 5.10 Å². The monoisotopic (exact) mass is 223 g/mol. The minimum atomic E-state index is -0.0440. The number of rotatable bonds is 3. The molecule has 0 unspecified atom stereocenters. The molecule has 0 radical (unpaired) electrons. The number of aromatic nitrogens is 3. The Bertz CT molecular complexity index is 356. The Labute approximate surface area is 94.4 Å². The van der Waals surface area contributed by atoms with Crippen LogP contribution in [-0.2, 0) is 18.4 Å². The molecule has 0 saturated carbocycles. The maximum Gasteiger partial charge on any atom is 0.237 e. The second-order valence-corrected chi connectivity index (χ2v) is 4.05. The van der Waals surface area contributed by atoms with Gasteiger partial charge in [0.15, 0.2) is 5.82 Å². The molecule has 1 aliphatic rings. The Kier molecular flexibility index (Phi) is 3.51. The molecule has 16 heavy (non-hydrogen) atoms. The van der Waals surface area contributed by atoms with Gasteiger partial charge in [-0.15, -0.1) is 0 Å². The first-order chi connectivity index (χ1) is 7.75. The molecule has 2 heterocycles. The average molecular weight is 223 g/mol. The van der Waals surface area contributed by atoms with Gasteiger partial charge in [-0.1, -0.05) is 6.42 Å². The second-order valence-electron chi connectivity index (χ2n) is 4.05.